The van der Waals surface area contributed by atoms with Crippen LogP contribution in [0.2, 0.25) is 0 Å². The third-order valence-corrected chi connectivity index (χ3v) is 3.73. The van der Waals surface area contributed by atoms with Crippen LogP contribution in [0.5, 0.6) is 0 Å². The van der Waals surface area contributed by atoms with Gasteiger partial charge < -0.3 is 11.1 Å². The summed E-state index contributed by atoms with van der Waals surface area (Å²) < 4.78 is 0. The summed E-state index contributed by atoms with van der Waals surface area (Å²) >= 11 is 0. The predicted molar refractivity (Wildman–Crippen MR) is 72.2 cm³/mol. The SMILES string of the molecule is CC(NC(=O)c1ccc(N)cn1)C1CCCCC1. The van der Waals surface area contributed by atoms with Gasteiger partial charge in [0.1, 0.15) is 5.69 Å². The minimum Gasteiger partial charge on any atom is -0.397 e. The first-order valence-corrected chi connectivity index (χ1v) is 6.69. The first kappa shape index (κ1) is 12.9. The Balaban J connectivity index is 1.91. The molecule has 18 heavy (non-hydrogen) atoms. The van der Waals surface area contributed by atoms with E-state index in [0.29, 0.717) is 17.3 Å². The van der Waals surface area contributed by atoms with Gasteiger partial charge in [0, 0.05) is 6.04 Å². The molecule has 1 aliphatic carbocycles. The maximum absolute atomic E-state index is 12.0. The predicted octanol–water partition coefficient (Wildman–Crippen LogP) is 2.36. The minimum absolute atomic E-state index is 0.104. The fourth-order valence-electron chi connectivity index (χ4n) is 2.57. The van der Waals surface area contributed by atoms with Crippen molar-refractivity contribution in [2.75, 3.05) is 5.73 Å². The van der Waals surface area contributed by atoms with E-state index in [1.54, 1.807) is 12.1 Å². The Morgan fingerprint density at radius 3 is 2.72 bits per heavy atom. The molecule has 0 aromatic carbocycles. The zero-order valence-electron chi connectivity index (χ0n) is 10.9. The molecular formula is C14H21N3O. The zero-order chi connectivity index (χ0) is 13.0. The number of rotatable bonds is 3. The average Bonchev–Trinajstić information content (AvgIpc) is 2.40. The van der Waals surface area contributed by atoms with Crippen molar-refractivity contribution in [1.29, 1.82) is 0 Å². The number of nitrogens with zero attached hydrogens (tertiary/aromatic N) is 1. The summed E-state index contributed by atoms with van der Waals surface area (Å²) in [4.78, 5) is 16.0. The third kappa shape index (κ3) is 3.22. The van der Waals surface area contributed by atoms with Crippen LogP contribution in [0.15, 0.2) is 18.3 Å². The van der Waals surface area contributed by atoms with Crippen molar-refractivity contribution >= 4 is 11.6 Å². The van der Waals surface area contributed by atoms with Crippen molar-refractivity contribution < 1.29 is 4.79 Å². The van der Waals surface area contributed by atoms with E-state index in [1.807, 2.05) is 0 Å². The normalized spacial score (nSPS) is 18.3. The number of carbonyl (C=O) groups excluding carboxylic acids is 1. The van der Waals surface area contributed by atoms with Crippen molar-refractivity contribution in [2.45, 2.75) is 45.1 Å². The highest BCUT2D eigenvalue weighted by Gasteiger charge is 2.22. The van der Waals surface area contributed by atoms with Crippen LogP contribution in [0.1, 0.15) is 49.5 Å². The van der Waals surface area contributed by atoms with Crippen LogP contribution >= 0.6 is 0 Å². The summed E-state index contributed by atoms with van der Waals surface area (Å²) in [5.41, 5.74) is 6.56. The number of pyridine rings is 1. The highest BCUT2D eigenvalue weighted by atomic mass is 16.1. The molecule has 98 valence electrons. The number of amides is 1. The lowest BCUT2D eigenvalue weighted by atomic mass is 9.84. The Labute approximate surface area is 108 Å². The summed E-state index contributed by atoms with van der Waals surface area (Å²) in [5.74, 6) is 0.504. The molecular weight excluding hydrogens is 226 g/mol. The number of nitrogens with two attached hydrogens (primary N) is 1. The molecule has 1 unspecified atom stereocenters. The molecule has 1 aromatic rings. The standard InChI is InChI=1S/C14H21N3O/c1-10(11-5-3-2-4-6-11)17-14(18)13-8-7-12(15)9-16-13/h7-11H,2-6,15H2,1H3,(H,17,18). The molecule has 4 heteroatoms. The summed E-state index contributed by atoms with van der Waals surface area (Å²) in [6.07, 6.45) is 7.85. The van der Waals surface area contributed by atoms with Gasteiger partial charge in [-0.05, 0) is 37.8 Å². The number of carbonyl (C=O) groups is 1. The Hall–Kier alpha value is -1.58. The van der Waals surface area contributed by atoms with Crippen molar-refractivity contribution in [1.82, 2.24) is 10.3 Å². The van der Waals surface area contributed by atoms with Crippen molar-refractivity contribution in [2.24, 2.45) is 5.92 Å². The van der Waals surface area contributed by atoms with E-state index < -0.39 is 0 Å². The Bertz CT molecular complexity index is 396. The van der Waals surface area contributed by atoms with Gasteiger partial charge in [-0.2, -0.15) is 0 Å². The molecule has 1 fully saturated rings. The van der Waals surface area contributed by atoms with E-state index in [9.17, 15) is 4.79 Å². The quantitative estimate of drug-likeness (QED) is 0.861. The molecule has 1 amide bonds. The van der Waals surface area contributed by atoms with Gasteiger partial charge >= 0.3 is 0 Å². The highest BCUT2D eigenvalue weighted by Crippen LogP contribution is 2.26. The van der Waals surface area contributed by atoms with Gasteiger partial charge in [0.05, 0.1) is 11.9 Å². The number of nitrogen functional groups attached to an aromatic ring is 1. The maximum atomic E-state index is 12.0. The molecule has 4 nitrogen and oxygen atoms in total. The highest BCUT2D eigenvalue weighted by molar-refractivity contribution is 5.92. The summed E-state index contributed by atoms with van der Waals surface area (Å²) in [6, 6.07) is 3.59. The summed E-state index contributed by atoms with van der Waals surface area (Å²) in [7, 11) is 0. The van der Waals surface area contributed by atoms with Gasteiger partial charge in [-0.15, -0.1) is 0 Å². The fourth-order valence-corrected chi connectivity index (χ4v) is 2.57. The van der Waals surface area contributed by atoms with E-state index in [-0.39, 0.29) is 11.9 Å². The lowest BCUT2D eigenvalue weighted by molar-refractivity contribution is 0.0914. The van der Waals surface area contributed by atoms with Crippen LogP contribution in [0.25, 0.3) is 0 Å². The topological polar surface area (TPSA) is 68.0 Å². The minimum atomic E-state index is -0.104. The molecule has 2 rings (SSSR count). The Kier molecular flexibility index (Phi) is 4.18. The summed E-state index contributed by atoms with van der Waals surface area (Å²) in [6.45, 7) is 2.09. The lowest BCUT2D eigenvalue weighted by Gasteiger charge is -2.28. The molecule has 0 bridgehead atoms. The van der Waals surface area contributed by atoms with Gasteiger partial charge in [-0.3, -0.25) is 4.79 Å². The van der Waals surface area contributed by atoms with E-state index in [1.165, 1.54) is 38.3 Å². The molecule has 0 saturated heterocycles. The van der Waals surface area contributed by atoms with Crippen LogP contribution in [0, 0.1) is 5.92 Å². The van der Waals surface area contributed by atoms with Crippen molar-refractivity contribution in [3.8, 4) is 0 Å². The van der Waals surface area contributed by atoms with Gasteiger partial charge in [0.2, 0.25) is 0 Å². The molecule has 0 radical (unpaired) electrons. The van der Waals surface area contributed by atoms with Gasteiger partial charge in [-0.25, -0.2) is 4.98 Å². The fraction of sp³-hybridized carbons (Fsp3) is 0.571. The molecule has 1 atom stereocenters. The van der Waals surface area contributed by atoms with Gasteiger partial charge in [-0.1, -0.05) is 19.3 Å². The second-order valence-corrected chi connectivity index (χ2v) is 5.14. The Morgan fingerprint density at radius 1 is 1.39 bits per heavy atom. The largest absolute Gasteiger partial charge is 0.397 e. The van der Waals surface area contributed by atoms with E-state index >= 15 is 0 Å². The average molecular weight is 247 g/mol. The smallest absolute Gasteiger partial charge is 0.270 e. The number of aromatic nitrogens is 1. The van der Waals surface area contributed by atoms with Crippen molar-refractivity contribution in [3.63, 3.8) is 0 Å². The second-order valence-electron chi connectivity index (χ2n) is 5.14. The Morgan fingerprint density at radius 2 is 2.11 bits per heavy atom. The van der Waals surface area contributed by atoms with Crippen LogP contribution in [-0.4, -0.2) is 16.9 Å². The molecule has 1 heterocycles. The van der Waals surface area contributed by atoms with E-state index in [0.717, 1.165) is 0 Å². The van der Waals surface area contributed by atoms with E-state index in [4.69, 9.17) is 5.73 Å². The van der Waals surface area contributed by atoms with Crippen LogP contribution in [-0.2, 0) is 0 Å². The number of nitrogens with one attached hydrogen (secondary N) is 1. The number of hydrogen-bond acceptors (Lipinski definition) is 3. The molecule has 1 aromatic heterocycles. The van der Waals surface area contributed by atoms with Crippen LogP contribution in [0.3, 0.4) is 0 Å². The van der Waals surface area contributed by atoms with Gasteiger partial charge in [0.25, 0.3) is 5.91 Å². The molecule has 3 N–H and O–H groups in total. The van der Waals surface area contributed by atoms with Crippen LogP contribution in [0.4, 0.5) is 5.69 Å². The zero-order valence-corrected chi connectivity index (χ0v) is 10.9. The lowest BCUT2D eigenvalue weighted by Crippen LogP contribution is -2.39. The number of hydrogen-bond donors (Lipinski definition) is 2. The van der Waals surface area contributed by atoms with Gasteiger partial charge in [0.15, 0.2) is 0 Å². The third-order valence-electron chi connectivity index (χ3n) is 3.73. The number of anilines is 1. The first-order valence-electron chi connectivity index (χ1n) is 6.69. The van der Waals surface area contributed by atoms with Crippen molar-refractivity contribution in [3.05, 3.63) is 24.0 Å². The molecule has 1 saturated carbocycles. The second kappa shape index (κ2) is 5.85. The van der Waals surface area contributed by atoms with Crippen LogP contribution < -0.4 is 11.1 Å². The first-order chi connectivity index (χ1) is 8.66. The molecule has 0 spiro atoms. The summed E-state index contributed by atoms with van der Waals surface area (Å²) in [5, 5.41) is 3.04. The van der Waals surface area contributed by atoms with E-state index in [2.05, 4.69) is 17.2 Å². The maximum Gasteiger partial charge on any atom is 0.270 e. The monoisotopic (exact) mass is 247 g/mol. The molecule has 0 aliphatic heterocycles. The molecule has 1 aliphatic rings.